The Morgan fingerprint density at radius 1 is 1.28 bits per heavy atom. The smallest absolute Gasteiger partial charge is 0.252 e. The minimum absolute atomic E-state index is 0.0721. The Hall–Kier alpha value is -2.01. The van der Waals surface area contributed by atoms with Gasteiger partial charge in [0.25, 0.3) is 5.91 Å². The average molecular weight is 262 g/mol. The number of benzene rings is 1. The molecule has 1 aromatic heterocycles. The minimum atomic E-state index is -0.0721. The second kappa shape index (κ2) is 6.07. The number of hydrogen-bond acceptors (Lipinski definition) is 4. The van der Waals surface area contributed by atoms with Crippen LogP contribution in [0.4, 0.5) is 5.69 Å². The molecule has 0 radical (unpaired) electrons. The summed E-state index contributed by atoms with van der Waals surface area (Å²) >= 11 is 1.50. The van der Waals surface area contributed by atoms with Crippen molar-refractivity contribution in [3.63, 3.8) is 0 Å². The third kappa shape index (κ3) is 3.49. The van der Waals surface area contributed by atoms with Crippen LogP contribution >= 0.6 is 11.3 Å². The number of ether oxygens (including phenoxy) is 1. The Balaban J connectivity index is 1.70. The summed E-state index contributed by atoms with van der Waals surface area (Å²) < 4.78 is 5.46. The topological polar surface area (TPSA) is 64.3 Å². The zero-order valence-corrected chi connectivity index (χ0v) is 10.6. The quantitative estimate of drug-likeness (QED) is 0.641. The van der Waals surface area contributed by atoms with E-state index in [9.17, 15) is 4.79 Å². The molecule has 3 N–H and O–H groups in total. The van der Waals surface area contributed by atoms with Gasteiger partial charge in [-0.3, -0.25) is 4.79 Å². The molecule has 0 aliphatic rings. The molecule has 0 bridgehead atoms. The summed E-state index contributed by atoms with van der Waals surface area (Å²) in [7, 11) is 0. The highest BCUT2D eigenvalue weighted by Crippen LogP contribution is 2.12. The summed E-state index contributed by atoms with van der Waals surface area (Å²) in [5, 5.41) is 6.48. The first-order valence-corrected chi connectivity index (χ1v) is 6.49. The molecule has 0 unspecified atom stereocenters. The molecule has 0 fully saturated rings. The molecule has 2 rings (SSSR count). The van der Waals surface area contributed by atoms with Crippen molar-refractivity contribution < 1.29 is 9.53 Å². The molecule has 1 amide bonds. The first kappa shape index (κ1) is 12.4. The molecular formula is C13H14N2O2S. The van der Waals surface area contributed by atoms with Gasteiger partial charge < -0.3 is 15.8 Å². The summed E-state index contributed by atoms with van der Waals surface area (Å²) in [4.78, 5) is 11.6. The molecule has 94 valence electrons. The molecule has 0 atom stereocenters. The van der Waals surface area contributed by atoms with Gasteiger partial charge in [-0.05, 0) is 35.7 Å². The van der Waals surface area contributed by atoms with Gasteiger partial charge in [-0.25, -0.2) is 0 Å². The predicted molar refractivity (Wildman–Crippen MR) is 73.0 cm³/mol. The molecule has 4 nitrogen and oxygen atoms in total. The number of nitrogens with two attached hydrogens (primary N) is 1. The van der Waals surface area contributed by atoms with Gasteiger partial charge in [0, 0.05) is 16.6 Å². The fraction of sp³-hybridized carbons (Fsp3) is 0.154. The van der Waals surface area contributed by atoms with Crippen LogP contribution in [0.25, 0.3) is 0 Å². The van der Waals surface area contributed by atoms with Crippen molar-refractivity contribution >= 4 is 22.9 Å². The molecule has 0 saturated heterocycles. The number of nitrogen functional groups attached to an aromatic ring is 1. The average Bonchev–Trinajstić information content (AvgIpc) is 2.90. The molecule has 18 heavy (non-hydrogen) atoms. The fourth-order valence-corrected chi connectivity index (χ4v) is 2.03. The number of amides is 1. The number of nitrogens with one attached hydrogen (secondary N) is 1. The molecule has 1 heterocycles. The highest BCUT2D eigenvalue weighted by atomic mass is 32.1. The van der Waals surface area contributed by atoms with E-state index in [-0.39, 0.29) is 5.91 Å². The van der Waals surface area contributed by atoms with Gasteiger partial charge in [-0.1, -0.05) is 0 Å². The largest absolute Gasteiger partial charge is 0.492 e. The van der Waals surface area contributed by atoms with Gasteiger partial charge in [0.05, 0.1) is 6.54 Å². The predicted octanol–water partition coefficient (Wildman–Crippen LogP) is 2.14. The van der Waals surface area contributed by atoms with Gasteiger partial charge in [-0.15, -0.1) is 0 Å². The van der Waals surface area contributed by atoms with Crippen LogP contribution in [0.3, 0.4) is 0 Å². The standard InChI is InChI=1S/C13H14N2O2S/c14-11-1-3-12(4-2-11)17-7-6-15-13(16)10-5-8-18-9-10/h1-5,8-9H,6-7,14H2,(H,15,16). The zero-order valence-electron chi connectivity index (χ0n) is 9.76. The summed E-state index contributed by atoms with van der Waals surface area (Å²) in [5.41, 5.74) is 6.95. The molecule has 1 aromatic carbocycles. The summed E-state index contributed by atoms with van der Waals surface area (Å²) in [5.74, 6) is 0.672. The lowest BCUT2D eigenvalue weighted by molar-refractivity contribution is 0.0947. The Labute approximate surface area is 109 Å². The van der Waals surface area contributed by atoms with Gasteiger partial charge in [0.2, 0.25) is 0 Å². The monoisotopic (exact) mass is 262 g/mol. The van der Waals surface area contributed by atoms with Crippen LogP contribution in [0.2, 0.25) is 0 Å². The SMILES string of the molecule is Nc1ccc(OCCNC(=O)c2ccsc2)cc1. The molecule has 5 heteroatoms. The highest BCUT2D eigenvalue weighted by Gasteiger charge is 2.04. The van der Waals surface area contributed by atoms with Crippen LogP contribution in [0, 0.1) is 0 Å². The van der Waals surface area contributed by atoms with Crippen molar-refractivity contribution in [3.8, 4) is 5.75 Å². The van der Waals surface area contributed by atoms with Crippen molar-refractivity contribution in [1.29, 1.82) is 0 Å². The van der Waals surface area contributed by atoms with Gasteiger partial charge in [0.1, 0.15) is 12.4 Å². The van der Waals surface area contributed by atoms with E-state index >= 15 is 0 Å². The fourth-order valence-electron chi connectivity index (χ4n) is 1.39. The molecule has 0 spiro atoms. The van der Waals surface area contributed by atoms with Crippen molar-refractivity contribution in [1.82, 2.24) is 5.32 Å². The summed E-state index contributed by atoms with van der Waals surface area (Å²) in [6.45, 7) is 0.902. The van der Waals surface area contributed by atoms with Crippen LogP contribution in [-0.2, 0) is 0 Å². The molecule has 0 saturated carbocycles. The van der Waals surface area contributed by atoms with E-state index in [4.69, 9.17) is 10.5 Å². The second-order valence-corrected chi connectivity index (χ2v) is 4.47. The zero-order chi connectivity index (χ0) is 12.8. The Bertz CT molecular complexity index is 494. The van der Waals surface area contributed by atoms with E-state index in [2.05, 4.69) is 5.32 Å². The molecule has 0 aliphatic carbocycles. The Morgan fingerprint density at radius 2 is 2.06 bits per heavy atom. The number of rotatable bonds is 5. The van der Waals surface area contributed by atoms with Gasteiger partial charge in [-0.2, -0.15) is 11.3 Å². The lowest BCUT2D eigenvalue weighted by Crippen LogP contribution is -2.27. The van der Waals surface area contributed by atoms with Crippen molar-refractivity contribution in [2.75, 3.05) is 18.9 Å². The number of carbonyl (C=O) groups excluding carboxylic acids is 1. The minimum Gasteiger partial charge on any atom is -0.492 e. The molecule has 2 aromatic rings. The van der Waals surface area contributed by atoms with E-state index in [1.807, 2.05) is 10.8 Å². The van der Waals surface area contributed by atoms with E-state index in [1.165, 1.54) is 11.3 Å². The lowest BCUT2D eigenvalue weighted by atomic mass is 10.3. The van der Waals surface area contributed by atoms with Gasteiger partial charge >= 0.3 is 0 Å². The molecule has 0 aliphatic heterocycles. The highest BCUT2D eigenvalue weighted by molar-refractivity contribution is 7.08. The van der Waals surface area contributed by atoms with E-state index in [1.54, 1.807) is 30.3 Å². The third-order valence-electron chi connectivity index (χ3n) is 2.32. The molecular weight excluding hydrogens is 248 g/mol. The van der Waals surface area contributed by atoms with E-state index in [0.29, 0.717) is 24.4 Å². The summed E-state index contributed by atoms with van der Waals surface area (Å²) in [6.07, 6.45) is 0. The lowest BCUT2D eigenvalue weighted by Gasteiger charge is -2.07. The van der Waals surface area contributed by atoms with Crippen molar-refractivity contribution in [3.05, 3.63) is 46.7 Å². The van der Waals surface area contributed by atoms with Crippen LogP contribution in [-0.4, -0.2) is 19.1 Å². The maximum absolute atomic E-state index is 11.6. The third-order valence-corrected chi connectivity index (χ3v) is 3.00. The first-order valence-electron chi connectivity index (χ1n) is 5.54. The maximum Gasteiger partial charge on any atom is 0.252 e. The number of carbonyl (C=O) groups is 1. The van der Waals surface area contributed by atoms with Gasteiger partial charge in [0.15, 0.2) is 0 Å². The van der Waals surface area contributed by atoms with Crippen LogP contribution in [0.15, 0.2) is 41.1 Å². The van der Waals surface area contributed by atoms with Crippen LogP contribution < -0.4 is 15.8 Å². The maximum atomic E-state index is 11.6. The van der Waals surface area contributed by atoms with E-state index < -0.39 is 0 Å². The number of anilines is 1. The Kier molecular flexibility index (Phi) is 4.20. The Morgan fingerprint density at radius 3 is 2.72 bits per heavy atom. The number of hydrogen-bond donors (Lipinski definition) is 2. The van der Waals surface area contributed by atoms with Crippen molar-refractivity contribution in [2.45, 2.75) is 0 Å². The number of thiophene rings is 1. The normalized spacial score (nSPS) is 10.0. The first-order chi connectivity index (χ1) is 8.75. The van der Waals surface area contributed by atoms with Crippen LogP contribution in [0.5, 0.6) is 5.75 Å². The van der Waals surface area contributed by atoms with Crippen LogP contribution in [0.1, 0.15) is 10.4 Å². The second-order valence-electron chi connectivity index (χ2n) is 3.69. The summed E-state index contributed by atoms with van der Waals surface area (Å²) in [6, 6.07) is 8.95. The van der Waals surface area contributed by atoms with E-state index in [0.717, 1.165) is 5.75 Å². The van der Waals surface area contributed by atoms with Crippen molar-refractivity contribution in [2.24, 2.45) is 0 Å².